The van der Waals surface area contributed by atoms with Gasteiger partial charge in [-0.15, -0.1) is 11.8 Å². The van der Waals surface area contributed by atoms with Gasteiger partial charge in [0.15, 0.2) is 0 Å². The molecule has 0 amide bonds. The molecule has 1 unspecified atom stereocenters. The standard InChI is InChI=1S/C16H19NO2S/c17-14-6-8-16(9-7-14)20-12-15(18)11-19-10-13-4-2-1-3-5-13/h1-9,15,18H,10-12,17H2. The van der Waals surface area contributed by atoms with Crippen molar-refractivity contribution in [1.29, 1.82) is 0 Å². The molecule has 0 radical (unpaired) electrons. The van der Waals surface area contributed by atoms with E-state index in [9.17, 15) is 5.11 Å². The van der Waals surface area contributed by atoms with Gasteiger partial charge in [-0.2, -0.15) is 0 Å². The van der Waals surface area contributed by atoms with E-state index in [-0.39, 0.29) is 0 Å². The number of nitrogen functional groups attached to an aromatic ring is 1. The molecule has 20 heavy (non-hydrogen) atoms. The molecular weight excluding hydrogens is 270 g/mol. The van der Waals surface area contributed by atoms with E-state index in [1.54, 1.807) is 11.8 Å². The predicted molar refractivity (Wildman–Crippen MR) is 83.7 cm³/mol. The van der Waals surface area contributed by atoms with Gasteiger partial charge in [0.2, 0.25) is 0 Å². The monoisotopic (exact) mass is 289 g/mol. The molecule has 0 saturated heterocycles. The fraction of sp³-hybridized carbons (Fsp3) is 0.250. The van der Waals surface area contributed by atoms with E-state index in [0.717, 1.165) is 16.1 Å². The van der Waals surface area contributed by atoms with Crippen molar-refractivity contribution in [2.75, 3.05) is 18.1 Å². The minimum atomic E-state index is -0.471. The Morgan fingerprint density at radius 3 is 2.45 bits per heavy atom. The topological polar surface area (TPSA) is 55.5 Å². The van der Waals surface area contributed by atoms with Crippen LogP contribution in [0.15, 0.2) is 59.5 Å². The highest BCUT2D eigenvalue weighted by molar-refractivity contribution is 7.99. The first-order valence-electron chi connectivity index (χ1n) is 6.52. The summed E-state index contributed by atoms with van der Waals surface area (Å²) >= 11 is 1.60. The van der Waals surface area contributed by atoms with Crippen molar-refractivity contribution >= 4 is 17.4 Å². The van der Waals surface area contributed by atoms with Crippen LogP contribution in [-0.4, -0.2) is 23.6 Å². The third-order valence-corrected chi connectivity index (χ3v) is 3.90. The van der Waals surface area contributed by atoms with E-state index < -0.39 is 6.10 Å². The van der Waals surface area contributed by atoms with E-state index in [2.05, 4.69) is 0 Å². The lowest BCUT2D eigenvalue weighted by molar-refractivity contribution is 0.0398. The fourth-order valence-corrected chi connectivity index (χ4v) is 2.50. The summed E-state index contributed by atoms with van der Waals surface area (Å²) in [4.78, 5) is 1.10. The molecule has 0 heterocycles. The van der Waals surface area contributed by atoms with Gasteiger partial charge in [0.1, 0.15) is 0 Å². The van der Waals surface area contributed by atoms with Crippen LogP contribution in [0.5, 0.6) is 0 Å². The Hall–Kier alpha value is -1.49. The molecule has 0 fully saturated rings. The number of thioether (sulfide) groups is 1. The number of nitrogens with two attached hydrogens (primary N) is 1. The molecule has 3 nitrogen and oxygen atoms in total. The number of ether oxygens (including phenoxy) is 1. The van der Waals surface area contributed by atoms with Crippen molar-refractivity contribution in [3.05, 3.63) is 60.2 Å². The molecule has 0 saturated carbocycles. The molecule has 0 spiro atoms. The summed E-state index contributed by atoms with van der Waals surface area (Å²) < 4.78 is 5.51. The van der Waals surface area contributed by atoms with Gasteiger partial charge in [0.05, 0.1) is 19.3 Å². The molecule has 0 bridgehead atoms. The SMILES string of the molecule is Nc1ccc(SCC(O)COCc2ccccc2)cc1. The summed E-state index contributed by atoms with van der Waals surface area (Å²) in [5.74, 6) is 0.610. The van der Waals surface area contributed by atoms with Crippen LogP contribution in [0.4, 0.5) is 5.69 Å². The van der Waals surface area contributed by atoms with Crippen LogP contribution in [-0.2, 0) is 11.3 Å². The van der Waals surface area contributed by atoms with E-state index in [1.165, 1.54) is 0 Å². The van der Waals surface area contributed by atoms with Crippen molar-refractivity contribution in [3.63, 3.8) is 0 Å². The van der Waals surface area contributed by atoms with Crippen molar-refractivity contribution in [2.24, 2.45) is 0 Å². The Morgan fingerprint density at radius 2 is 1.75 bits per heavy atom. The number of benzene rings is 2. The number of anilines is 1. The zero-order valence-corrected chi connectivity index (χ0v) is 12.1. The van der Waals surface area contributed by atoms with E-state index in [0.29, 0.717) is 19.0 Å². The molecule has 0 aliphatic heterocycles. The Bertz CT molecular complexity index is 502. The molecule has 106 valence electrons. The van der Waals surface area contributed by atoms with E-state index in [4.69, 9.17) is 10.5 Å². The molecule has 4 heteroatoms. The molecule has 3 N–H and O–H groups in total. The van der Waals surface area contributed by atoms with Crippen LogP contribution < -0.4 is 5.73 Å². The highest BCUT2D eigenvalue weighted by Gasteiger charge is 2.05. The van der Waals surface area contributed by atoms with Crippen molar-refractivity contribution in [2.45, 2.75) is 17.6 Å². The van der Waals surface area contributed by atoms with Crippen LogP contribution in [0.3, 0.4) is 0 Å². The van der Waals surface area contributed by atoms with Gasteiger partial charge in [-0.3, -0.25) is 0 Å². The lowest BCUT2D eigenvalue weighted by atomic mass is 10.2. The normalized spacial score (nSPS) is 12.2. The van der Waals surface area contributed by atoms with Gasteiger partial charge in [-0.05, 0) is 29.8 Å². The maximum atomic E-state index is 9.87. The van der Waals surface area contributed by atoms with Gasteiger partial charge in [0, 0.05) is 16.3 Å². The summed E-state index contributed by atoms with van der Waals surface area (Å²) in [6, 6.07) is 17.6. The minimum Gasteiger partial charge on any atom is -0.399 e. The maximum Gasteiger partial charge on any atom is 0.0867 e. The van der Waals surface area contributed by atoms with Crippen LogP contribution in [0.2, 0.25) is 0 Å². The lowest BCUT2D eigenvalue weighted by Crippen LogP contribution is -2.17. The highest BCUT2D eigenvalue weighted by Crippen LogP contribution is 2.20. The van der Waals surface area contributed by atoms with Crippen molar-refractivity contribution in [1.82, 2.24) is 0 Å². The summed E-state index contributed by atoms with van der Waals surface area (Å²) in [6.45, 7) is 0.876. The first kappa shape index (κ1) is 14.9. The predicted octanol–water partition coefficient (Wildman–Crippen LogP) is 2.94. The van der Waals surface area contributed by atoms with Crippen molar-refractivity contribution < 1.29 is 9.84 Å². The van der Waals surface area contributed by atoms with E-state index in [1.807, 2.05) is 54.6 Å². The van der Waals surface area contributed by atoms with Crippen LogP contribution in [0, 0.1) is 0 Å². The second-order valence-electron chi connectivity index (χ2n) is 4.53. The van der Waals surface area contributed by atoms with Gasteiger partial charge < -0.3 is 15.6 Å². The van der Waals surface area contributed by atoms with Crippen LogP contribution in [0.1, 0.15) is 5.56 Å². The third-order valence-electron chi connectivity index (χ3n) is 2.74. The summed E-state index contributed by atoms with van der Waals surface area (Å²) in [7, 11) is 0. The average Bonchev–Trinajstić information content (AvgIpc) is 2.48. The molecule has 2 aromatic carbocycles. The minimum absolute atomic E-state index is 0.344. The van der Waals surface area contributed by atoms with Gasteiger partial charge in [-0.25, -0.2) is 0 Å². The van der Waals surface area contributed by atoms with Gasteiger partial charge in [0.25, 0.3) is 0 Å². The maximum absolute atomic E-state index is 9.87. The second kappa shape index (κ2) is 7.94. The first-order valence-corrected chi connectivity index (χ1v) is 7.50. The largest absolute Gasteiger partial charge is 0.399 e. The van der Waals surface area contributed by atoms with Crippen LogP contribution in [0.25, 0.3) is 0 Å². The number of rotatable bonds is 7. The van der Waals surface area contributed by atoms with Gasteiger partial charge in [-0.1, -0.05) is 30.3 Å². The summed E-state index contributed by atoms with van der Waals surface area (Å²) in [5.41, 5.74) is 7.49. The lowest BCUT2D eigenvalue weighted by Gasteiger charge is -2.11. The molecule has 2 aromatic rings. The average molecular weight is 289 g/mol. The molecule has 0 aliphatic carbocycles. The van der Waals surface area contributed by atoms with Crippen LogP contribution >= 0.6 is 11.8 Å². The first-order chi connectivity index (χ1) is 9.74. The molecule has 0 aliphatic rings. The Kier molecular flexibility index (Phi) is 5.92. The fourth-order valence-electron chi connectivity index (χ4n) is 1.69. The number of aliphatic hydroxyl groups excluding tert-OH is 1. The number of hydrogen-bond donors (Lipinski definition) is 2. The smallest absolute Gasteiger partial charge is 0.0867 e. The van der Waals surface area contributed by atoms with Gasteiger partial charge >= 0.3 is 0 Å². The quantitative estimate of drug-likeness (QED) is 0.608. The number of aliphatic hydroxyl groups is 1. The highest BCUT2D eigenvalue weighted by atomic mass is 32.2. The zero-order valence-electron chi connectivity index (χ0n) is 11.2. The Labute approximate surface area is 123 Å². The number of hydrogen-bond acceptors (Lipinski definition) is 4. The third kappa shape index (κ3) is 5.25. The molecule has 0 aromatic heterocycles. The Balaban J connectivity index is 1.65. The molecular formula is C16H19NO2S. The summed E-state index contributed by atoms with van der Waals surface area (Å²) in [5, 5.41) is 9.87. The second-order valence-corrected chi connectivity index (χ2v) is 5.63. The molecule has 2 rings (SSSR count). The van der Waals surface area contributed by atoms with E-state index >= 15 is 0 Å². The Morgan fingerprint density at radius 1 is 1.05 bits per heavy atom. The summed E-state index contributed by atoms with van der Waals surface area (Å²) in [6.07, 6.45) is -0.471. The van der Waals surface area contributed by atoms with Crippen molar-refractivity contribution in [3.8, 4) is 0 Å². The molecule has 1 atom stereocenters. The zero-order chi connectivity index (χ0) is 14.2.